The van der Waals surface area contributed by atoms with Crippen LogP contribution in [0.4, 0.5) is 0 Å². The number of hydrogen-bond donors (Lipinski definition) is 2. The van der Waals surface area contributed by atoms with Crippen molar-refractivity contribution in [1.82, 2.24) is 0 Å². The highest BCUT2D eigenvalue weighted by atomic mass is 16.3. The Morgan fingerprint density at radius 3 is 2.31 bits per heavy atom. The SMILES string of the molecule is C=C(O)C[C@@H](CC(N)=O)CC(C)C. The van der Waals surface area contributed by atoms with Crippen molar-refractivity contribution in [3.8, 4) is 0 Å². The molecule has 0 spiro atoms. The molecule has 3 nitrogen and oxygen atoms in total. The van der Waals surface area contributed by atoms with Crippen molar-refractivity contribution in [2.24, 2.45) is 17.6 Å². The zero-order valence-electron chi connectivity index (χ0n) is 8.42. The zero-order valence-corrected chi connectivity index (χ0v) is 8.42. The molecule has 1 atom stereocenters. The summed E-state index contributed by atoms with van der Waals surface area (Å²) in [5, 5.41) is 9.00. The van der Waals surface area contributed by atoms with E-state index in [2.05, 4.69) is 20.4 Å². The summed E-state index contributed by atoms with van der Waals surface area (Å²) in [5.41, 5.74) is 5.09. The maximum Gasteiger partial charge on any atom is 0.217 e. The molecule has 0 aromatic rings. The minimum Gasteiger partial charge on any atom is -0.513 e. The van der Waals surface area contributed by atoms with Crippen LogP contribution in [0.5, 0.6) is 0 Å². The fourth-order valence-corrected chi connectivity index (χ4v) is 1.52. The molecule has 76 valence electrons. The number of aliphatic hydroxyl groups is 1. The van der Waals surface area contributed by atoms with Crippen molar-refractivity contribution >= 4 is 5.91 Å². The molecule has 0 radical (unpaired) electrons. The lowest BCUT2D eigenvalue weighted by Gasteiger charge is -2.16. The van der Waals surface area contributed by atoms with Crippen molar-refractivity contribution in [2.75, 3.05) is 0 Å². The second-order valence-corrected chi connectivity index (χ2v) is 3.94. The molecule has 0 aliphatic heterocycles. The highest BCUT2D eigenvalue weighted by Gasteiger charge is 2.14. The number of hydrogen-bond acceptors (Lipinski definition) is 2. The van der Waals surface area contributed by atoms with Crippen LogP contribution in [0.3, 0.4) is 0 Å². The van der Waals surface area contributed by atoms with Crippen molar-refractivity contribution in [2.45, 2.75) is 33.1 Å². The standard InChI is InChI=1S/C10H19NO2/c1-7(2)4-9(5-8(3)12)6-10(11)13/h7,9,12H,3-6H2,1-2H3,(H2,11,13)/t9-/m0/s1. The molecule has 0 aromatic carbocycles. The molecule has 0 rings (SSSR count). The van der Waals surface area contributed by atoms with Gasteiger partial charge in [-0.15, -0.1) is 0 Å². The molecule has 0 saturated carbocycles. The van der Waals surface area contributed by atoms with Gasteiger partial charge in [0.15, 0.2) is 0 Å². The summed E-state index contributed by atoms with van der Waals surface area (Å²) in [6.45, 7) is 7.57. The molecule has 1 amide bonds. The van der Waals surface area contributed by atoms with Crippen LogP contribution in [0.2, 0.25) is 0 Å². The van der Waals surface area contributed by atoms with Gasteiger partial charge >= 0.3 is 0 Å². The van der Waals surface area contributed by atoms with Crippen LogP contribution in [-0.2, 0) is 4.79 Å². The van der Waals surface area contributed by atoms with Crippen molar-refractivity contribution in [1.29, 1.82) is 0 Å². The molecule has 0 bridgehead atoms. The Labute approximate surface area is 79.6 Å². The zero-order chi connectivity index (χ0) is 10.4. The third kappa shape index (κ3) is 7.37. The molecule has 0 unspecified atom stereocenters. The summed E-state index contributed by atoms with van der Waals surface area (Å²) >= 11 is 0. The number of primary amides is 1. The van der Waals surface area contributed by atoms with E-state index in [0.717, 1.165) is 6.42 Å². The van der Waals surface area contributed by atoms with Gasteiger partial charge in [-0.05, 0) is 18.3 Å². The molecule has 0 aliphatic rings. The predicted octanol–water partition coefficient (Wildman–Crippen LogP) is 1.99. The van der Waals surface area contributed by atoms with E-state index >= 15 is 0 Å². The number of amides is 1. The van der Waals surface area contributed by atoms with E-state index in [1.807, 2.05) is 0 Å². The van der Waals surface area contributed by atoms with Gasteiger partial charge in [0, 0.05) is 12.8 Å². The molecule has 0 aliphatic carbocycles. The van der Waals surface area contributed by atoms with Gasteiger partial charge in [0.1, 0.15) is 0 Å². The Balaban J connectivity index is 4.02. The summed E-state index contributed by atoms with van der Waals surface area (Å²) in [5.74, 6) is 0.456. The van der Waals surface area contributed by atoms with Gasteiger partial charge in [-0.2, -0.15) is 0 Å². The third-order valence-corrected chi connectivity index (χ3v) is 1.82. The normalized spacial score (nSPS) is 12.8. The van der Waals surface area contributed by atoms with E-state index < -0.39 is 0 Å². The number of carbonyl (C=O) groups excluding carboxylic acids is 1. The molecule has 0 saturated heterocycles. The van der Waals surface area contributed by atoms with E-state index in [9.17, 15) is 4.79 Å². The highest BCUT2D eigenvalue weighted by molar-refractivity contribution is 5.74. The lowest BCUT2D eigenvalue weighted by molar-refractivity contribution is -0.119. The van der Waals surface area contributed by atoms with Gasteiger partial charge in [0.2, 0.25) is 5.91 Å². The van der Waals surface area contributed by atoms with E-state index in [-0.39, 0.29) is 17.6 Å². The number of rotatable bonds is 6. The van der Waals surface area contributed by atoms with Crippen LogP contribution in [0, 0.1) is 11.8 Å². The fourth-order valence-electron chi connectivity index (χ4n) is 1.52. The largest absolute Gasteiger partial charge is 0.513 e. The Morgan fingerprint density at radius 2 is 2.00 bits per heavy atom. The second kappa shape index (κ2) is 5.62. The average molecular weight is 185 g/mol. The molecule has 0 heterocycles. The van der Waals surface area contributed by atoms with E-state index in [0.29, 0.717) is 18.8 Å². The second-order valence-electron chi connectivity index (χ2n) is 3.94. The average Bonchev–Trinajstić information content (AvgIpc) is 1.80. The summed E-state index contributed by atoms with van der Waals surface area (Å²) in [7, 11) is 0. The molecule has 3 N–H and O–H groups in total. The Hall–Kier alpha value is -0.990. The lowest BCUT2D eigenvalue weighted by Crippen LogP contribution is -2.18. The van der Waals surface area contributed by atoms with Crippen LogP contribution in [0.1, 0.15) is 33.1 Å². The Kier molecular flexibility index (Phi) is 5.19. The summed E-state index contributed by atoms with van der Waals surface area (Å²) < 4.78 is 0. The van der Waals surface area contributed by atoms with Crippen LogP contribution >= 0.6 is 0 Å². The van der Waals surface area contributed by atoms with Crippen molar-refractivity contribution < 1.29 is 9.90 Å². The third-order valence-electron chi connectivity index (χ3n) is 1.82. The van der Waals surface area contributed by atoms with Gasteiger partial charge in [-0.1, -0.05) is 20.4 Å². The van der Waals surface area contributed by atoms with Crippen LogP contribution in [-0.4, -0.2) is 11.0 Å². The van der Waals surface area contributed by atoms with E-state index in [1.54, 1.807) is 0 Å². The van der Waals surface area contributed by atoms with Crippen LogP contribution in [0.25, 0.3) is 0 Å². The smallest absolute Gasteiger partial charge is 0.217 e. The predicted molar refractivity (Wildman–Crippen MR) is 53.1 cm³/mol. The Bertz CT molecular complexity index is 171. The maximum atomic E-state index is 10.7. The number of carbonyl (C=O) groups is 1. The van der Waals surface area contributed by atoms with Gasteiger partial charge < -0.3 is 10.8 Å². The molecule has 0 fully saturated rings. The van der Waals surface area contributed by atoms with Gasteiger partial charge in [-0.3, -0.25) is 4.79 Å². The highest BCUT2D eigenvalue weighted by Crippen LogP contribution is 2.21. The first-order valence-corrected chi connectivity index (χ1v) is 4.56. The number of nitrogens with two attached hydrogens (primary N) is 1. The van der Waals surface area contributed by atoms with Crippen LogP contribution in [0.15, 0.2) is 12.3 Å². The maximum absolute atomic E-state index is 10.7. The van der Waals surface area contributed by atoms with Crippen LogP contribution < -0.4 is 5.73 Å². The van der Waals surface area contributed by atoms with Gasteiger partial charge in [0.25, 0.3) is 0 Å². The fraction of sp³-hybridized carbons (Fsp3) is 0.700. The molecule has 13 heavy (non-hydrogen) atoms. The van der Waals surface area contributed by atoms with E-state index in [4.69, 9.17) is 10.8 Å². The first-order valence-electron chi connectivity index (χ1n) is 4.56. The van der Waals surface area contributed by atoms with Crippen molar-refractivity contribution in [3.05, 3.63) is 12.3 Å². The number of aliphatic hydroxyl groups excluding tert-OH is 1. The summed E-state index contributed by atoms with van der Waals surface area (Å²) in [6.07, 6.45) is 1.70. The van der Waals surface area contributed by atoms with Gasteiger partial charge in [0.05, 0.1) is 5.76 Å². The topological polar surface area (TPSA) is 63.3 Å². The monoisotopic (exact) mass is 185 g/mol. The van der Waals surface area contributed by atoms with Gasteiger partial charge in [-0.25, -0.2) is 0 Å². The lowest BCUT2D eigenvalue weighted by atomic mass is 9.90. The number of allylic oxidation sites excluding steroid dienone is 1. The first-order chi connectivity index (χ1) is 5.91. The summed E-state index contributed by atoms with van der Waals surface area (Å²) in [6, 6.07) is 0. The molecule has 0 aromatic heterocycles. The van der Waals surface area contributed by atoms with Crippen molar-refractivity contribution in [3.63, 3.8) is 0 Å². The molecular formula is C10H19NO2. The summed E-state index contributed by atoms with van der Waals surface area (Å²) in [4.78, 5) is 10.7. The molecule has 3 heteroatoms. The minimum atomic E-state index is -0.313. The Morgan fingerprint density at radius 1 is 1.46 bits per heavy atom. The quantitative estimate of drug-likeness (QED) is 0.621. The molecular weight excluding hydrogens is 166 g/mol. The minimum absolute atomic E-state index is 0.131. The van der Waals surface area contributed by atoms with E-state index in [1.165, 1.54) is 0 Å². The first kappa shape index (κ1) is 12.0.